The maximum atomic E-state index is 10.2. The average molecular weight is 237 g/mol. The second-order valence-electron chi connectivity index (χ2n) is 4.51. The topological polar surface area (TPSA) is 36.0 Å². The SMILES string of the molecule is O[C@@H](Cc1cc2ccccc2[nH]1)c1ccccc1. The van der Waals surface area contributed by atoms with Gasteiger partial charge in [0.25, 0.3) is 0 Å². The Hall–Kier alpha value is -2.06. The number of rotatable bonds is 3. The van der Waals surface area contributed by atoms with Gasteiger partial charge in [-0.3, -0.25) is 0 Å². The third-order valence-electron chi connectivity index (χ3n) is 3.18. The molecule has 0 aliphatic rings. The largest absolute Gasteiger partial charge is 0.388 e. The lowest BCUT2D eigenvalue weighted by atomic mass is 10.1. The van der Waals surface area contributed by atoms with Gasteiger partial charge in [0.05, 0.1) is 6.10 Å². The summed E-state index contributed by atoms with van der Waals surface area (Å²) < 4.78 is 0. The Morgan fingerprint density at radius 2 is 1.67 bits per heavy atom. The van der Waals surface area contributed by atoms with Crippen molar-refractivity contribution in [2.45, 2.75) is 12.5 Å². The first kappa shape index (κ1) is 11.1. The van der Waals surface area contributed by atoms with Crippen LogP contribution >= 0.6 is 0 Å². The number of hydrogen-bond acceptors (Lipinski definition) is 1. The van der Waals surface area contributed by atoms with Crippen molar-refractivity contribution < 1.29 is 5.11 Å². The molecule has 1 heterocycles. The lowest BCUT2D eigenvalue weighted by molar-refractivity contribution is 0.177. The highest BCUT2D eigenvalue weighted by molar-refractivity contribution is 5.80. The zero-order valence-electron chi connectivity index (χ0n) is 10.0. The van der Waals surface area contributed by atoms with Crippen LogP contribution in [0.15, 0.2) is 60.7 Å². The smallest absolute Gasteiger partial charge is 0.0844 e. The predicted molar refractivity (Wildman–Crippen MR) is 73.4 cm³/mol. The fraction of sp³-hybridized carbons (Fsp3) is 0.125. The molecule has 2 aromatic carbocycles. The summed E-state index contributed by atoms with van der Waals surface area (Å²) in [5, 5.41) is 11.4. The van der Waals surface area contributed by atoms with Crippen LogP contribution in [-0.4, -0.2) is 10.1 Å². The zero-order chi connectivity index (χ0) is 12.4. The molecule has 0 aliphatic heterocycles. The molecule has 0 fully saturated rings. The first-order valence-corrected chi connectivity index (χ1v) is 6.12. The van der Waals surface area contributed by atoms with Gasteiger partial charge in [-0.1, -0.05) is 48.5 Å². The molecule has 0 amide bonds. The number of benzene rings is 2. The summed E-state index contributed by atoms with van der Waals surface area (Å²) in [6, 6.07) is 20.0. The van der Waals surface area contributed by atoms with Crippen molar-refractivity contribution in [3.63, 3.8) is 0 Å². The fourth-order valence-electron chi connectivity index (χ4n) is 2.24. The van der Waals surface area contributed by atoms with E-state index in [4.69, 9.17) is 0 Å². The van der Waals surface area contributed by atoms with Crippen LogP contribution in [-0.2, 0) is 6.42 Å². The van der Waals surface area contributed by atoms with Crippen molar-refractivity contribution in [2.24, 2.45) is 0 Å². The van der Waals surface area contributed by atoms with Crippen LogP contribution < -0.4 is 0 Å². The molecule has 1 aromatic heterocycles. The summed E-state index contributed by atoms with van der Waals surface area (Å²) in [7, 11) is 0. The second-order valence-corrected chi connectivity index (χ2v) is 4.51. The van der Waals surface area contributed by atoms with Gasteiger partial charge in [-0.15, -0.1) is 0 Å². The first-order chi connectivity index (χ1) is 8.83. The second kappa shape index (κ2) is 4.67. The highest BCUT2D eigenvalue weighted by atomic mass is 16.3. The molecule has 18 heavy (non-hydrogen) atoms. The van der Waals surface area contributed by atoms with Gasteiger partial charge in [-0.25, -0.2) is 0 Å². The quantitative estimate of drug-likeness (QED) is 0.719. The third kappa shape index (κ3) is 2.15. The van der Waals surface area contributed by atoms with E-state index in [0.29, 0.717) is 6.42 Å². The van der Waals surface area contributed by atoms with Crippen molar-refractivity contribution in [1.82, 2.24) is 4.98 Å². The molecule has 3 aromatic rings. The van der Waals surface area contributed by atoms with Crippen LogP contribution in [0, 0.1) is 0 Å². The summed E-state index contributed by atoms with van der Waals surface area (Å²) in [5.74, 6) is 0. The summed E-state index contributed by atoms with van der Waals surface area (Å²) in [5.41, 5.74) is 3.14. The van der Waals surface area contributed by atoms with Gasteiger partial charge in [0.15, 0.2) is 0 Å². The first-order valence-electron chi connectivity index (χ1n) is 6.12. The Balaban J connectivity index is 1.84. The Morgan fingerprint density at radius 3 is 2.44 bits per heavy atom. The zero-order valence-corrected chi connectivity index (χ0v) is 10.0. The molecule has 2 nitrogen and oxygen atoms in total. The molecule has 0 saturated heterocycles. The Bertz CT molecular complexity index is 609. The fourth-order valence-corrected chi connectivity index (χ4v) is 2.24. The lowest BCUT2D eigenvalue weighted by Gasteiger charge is -2.09. The molecule has 0 bridgehead atoms. The van der Waals surface area contributed by atoms with Gasteiger partial charge < -0.3 is 10.1 Å². The summed E-state index contributed by atoms with van der Waals surface area (Å²) in [6.07, 6.45) is 0.151. The van der Waals surface area contributed by atoms with Crippen molar-refractivity contribution >= 4 is 10.9 Å². The standard InChI is InChI=1S/C16H15NO/c18-16(12-6-2-1-3-7-12)11-14-10-13-8-4-5-9-15(13)17-14/h1-10,16-18H,11H2/t16-/m0/s1. The summed E-state index contributed by atoms with van der Waals surface area (Å²) >= 11 is 0. The lowest BCUT2D eigenvalue weighted by Crippen LogP contribution is -2.01. The molecular weight excluding hydrogens is 222 g/mol. The number of nitrogens with one attached hydrogen (secondary N) is 1. The van der Waals surface area contributed by atoms with Crippen molar-refractivity contribution in [3.05, 3.63) is 71.9 Å². The number of hydrogen-bond donors (Lipinski definition) is 2. The number of H-pyrrole nitrogens is 1. The molecule has 0 aliphatic carbocycles. The van der Waals surface area contributed by atoms with Crippen LogP contribution in [0.4, 0.5) is 0 Å². The highest BCUT2D eigenvalue weighted by Crippen LogP contribution is 2.21. The summed E-state index contributed by atoms with van der Waals surface area (Å²) in [6.45, 7) is 0. The van der Waals surface area contributed by atoms with Crippen molar-refractivity contribution in [2.75, 3.05) is 0 Å². The van der Waals surface area contributed by atoms with Gasteiger partial charge in [0, 0.05) is 17.6 Å². The molecule has 1 atom stereocenters. The minimum absolute atomic E-state index is 0.459. The monoisotopic (exact) mass is 237 g/mol. The Labute approximate surface area is 106 Å². The van der Waals surface area contributed by atoms with Gasteiger partial charge in [-0.05, 0) is 23.1 Å². The van der Waals surface area contributed by atoms with E-state index in [0.717, 1.165) is 16.8 Å². The van der Waals surface area contributed by atoms with E-state index in [-0.39, 0.29) is 0 Å². The van der Waals surface area contributed by atoms with Gasteiger partial charge in [-0.2, -0.15) is 0 Å². The molecule has 2 N–H and O–H groups in total. The predicted octanol–water partition coefficient (Wildman–Crippen LogP) is 3.44. The van der Waals surface area contributed by atoms with E-state index in [1.54, 1.807) is 0 Å². The number of aromatic amines is 1. The highest BCUT2D eigenvalue weighted by Gasteiger charge is 2.09. The maximum Gasteiger partial charge on any atom is 0.0844 e. The number of aromatic nitrogens is 1. The van der Waals surface area contributed by atoms with Crippen molar-refractivity contribution in [1.29, 1.82) is 0 Å². The van der Waals surface area contributed by atoms with E-state index in [2.05, 4.69) is 17.1 Å². The number of fused-ring (bicyclic) bond motifs is 1. The molecule has 3 rings (SSSR count). The normalized spacial score (nSPS) is 12.7. The molecule has 0 spiro atoms. The molecule has 0 saturated carbocycles. The number of para-hydroxylation sites is 1. The van der Waals surface area contributed by atoms with Gasteiger partial charge in [0.1, 0.15) is 0 Å². The number of aliphatic hydroxyl groups is 1. The van der Waals surface area contributed by atoms with Crippen LogP contribution in [0.1, 0.15) is 17.4 Å². The van der Waals surface area contributed by atoms with Crippen LogP contribution in [0.5, 0.6) is 0 Å². The van der Waals surface area contributed by atoms with Gasteiger partial charge >= 0.3 is 0 Å². The van der Waals surface area contributed by atoms with E-state index < -0.39 is 6.10 Å². The minimum Gasteiger partial charge on any atom is -0.388 e. The molecular formula is C16H15NO. The molecule has 2 heteroatoms. The average Bonchev–Trinajstić information content (AvgIpc) is 2.82. The summed E-state index contributed by atoms with van der Waals surface area (Å²) in [4.78, 5) is 3.34. The van der Waals surface area contributed by atoms with Crippen LogP contribution in [0.3, 0.4) is 0 Å². The maximum absolute atomic E-state index is 10.2. The van der Waals surface area contributed by atoms with E-state index >= 15 is 0 Å². The van der Waals surface area contributed by atoms with E-state index in [9.17, 15) is 5.11 Å². The molecule has 0 radical (unpaired) electrons. The van der Waals surface area contributed by atoms with E-state index in [1.165, 1.54) is 5.39 Å². The minimum atomic E-state index is -0.459. The Morgan fingerprint density at radius 1 is 0.944 bits per heavy atom. The van der Waals surface area contributed by atoms with Crippen LogP contribution in [0.25, 0.3) is 10.9 Å². The van der Waals surface area contributed by atoms with E-state index in [1.807, 2.05) is 48.5 Å². The van der Waals surface area contributed by atoms with Crippen LogP contribution in [0.2, 0.25) is 0 Å². The Kier molecular flexibility index (Phi) is 2.87. The van der Waals surface area contributed by atoms with Gasteiger partial charge in [0.2, 0.25) is 0 Å². The van der Waals surface area contributed by atoms with Crippen molar-refractivity contribution in [3.8, 4) is 0 Å². The molecule has 0 unspecified atom stereocenters. The third-order valence-corrected chi connectivity index (χ3v) is 3.18. The number of aliphatic hydroxyl groups excluding tert-OH is 1. The molecule has 90 valence electrons.